The minimum absolute atomic E-state index is 0.141. The van der Waals surface area contributed by atoms with Crippen LogP contribution in [0.4, 0.5) is 4.79 Å². The summed E-state index contributed by atoms with van der Waals surface area (Å²) in [5.41, 5.74) is 7.00. The lowest BCUT2D eigenvalue weighted by Crippen LogP contribution is -2.46. The Morgan fingerprint density at radius 3 is 2.49 bits per heavy atom. The van der Waals surface area contributed by atoms with Gasteiger partial charge in [0.05, 0.1) is 17.7 Å². The number of aryl methyl sites for hydroxylation is 3. The number of amides is 2. The molecule has 1 atom stereocenters. The number of carbonyl (C=O) groups excluding carboxylic acids is 1. The summed E-state index contributed by atoms with van der Waals surface area (Å²) in [6, 6.07) is 13.7. The molecule has 0 aliphatic carbocycles. The van der Waals surface area contributed by atoms with Crippen molar-refractivity contribution in [3.8, 4) is 11.4 Å². The van der Waals surface area contributed by atoms with Gasteiger partial charge in [0.2, 0.25) is 5.82 Å². The molecule has 1 aliphatic heterocycles. The molecule has 4 rings (SSSR count). The summed E-state index contributed by atoms with van der Waals surface area (Å²) in [6.07, 6.45) is 0.883. The van der Waals surface area contributed by atoms with E-state index < -0.39 is 6.04 Å². The second kappa shape index (κ2) is 10.4. The fourth-order valence-electron chi connectivity index (χ4n) is 4.22. The van der Waals surface area contributed by atoms with Crippen molar-refractivity contribution in [3.63, 3.8) is 0 Å². The average Bonchev–Trinajstić information content (AvgIpc) is 3.30. The van der Waals surface area contributed by atoms with E-state index in [4.69, 9.17) is 14.2 Å². The highest BCUT2D eigenvalue weighted by Gasteiger charge is 2.35. The van der Waals surface area contributed by atoms with Crippen LogP contribution in [0.15, 0.2) is 52.7 Å². The highest BCUT2D eigenvalue weighted by Crippen LogP contribution is 2.38. The first-order chi connectivity index (χ1) is 16.7. The molecule has 0 bridgehead atoms. The van der Waals surface area contributed by atoms with Crippen molar-refractivity contribution in [1.82, 2.24) is 20.4 Å². The van der Waals surface area contributed by atoms with Crippen molar-refractivity contribution in [2.45, 2.75) is 60.1 Å². The Bertz CT molecular complexity index is 1230. The Kier molecular flexibility index (Phi) is 7.36. The minimum atomic E-state index is -0.392. The molecule has 7 nitrogen and oxygen atoms in total. The third-order valence-corrected chi connectivity index (χ3v) is 6.40. The highest BCUT2D eigenvalue weighted by atomic mass is 16.5. The second-order valence-corrected chi connectivity index (χ2v) is 9.44. The van der Waals surface area contributed by atoms with E-state index in [2.05, 4.69) is 36.5 Å². The Morgan fingerprint density at radius 2 is 1.80 bits per heavy atom. The standard InChI is InChI=1S/C28H34N4O3/c1-17(2)34-15-7-14-32-21(6)24(25(29-28(32)33)23-13-10-19(4)20(5)16-23)27-30-26(31-35-27)22-11-8-18(3)9-12-22/h8-13,16-17,25H,7,14-15H2,1-6H3,(H,29,33). The number of hydrogen-bond acceptors (Lipinski definition) is 5. The van der Waals surface area contributed by atoms with Crippen molar-refractivity contribution >= 4 is 11.6 Å². The summed E-state index contributed by atoms with van der Waals surface area (Å²) >= 11 is 0. The molecule has 0 radical (unpaired) electrons. The number of urea groups is 1. The molecular formula is C28H34N4O3. The molecule has 0 fully saturated rings. The molecule has 184 valence electrons. The van der Waals surface area contributed by atoms with Gasteiger partial charge in [-0.05, 0) is 64.7 Å². The smallest absolute Gasteiger partial charge is 0.322 e. The van der Waals surface area contributed by atoms with E-state index in [1.54, 1.807) is 4.90 Å². The molecule has 1 aliphatic rings. The van der Waals surface area contributed by atoms with E-state index in [0.29, 0.717) is 24.9 Å². The number of allylic oxidation sites excluding steroid dienone is 1. The summed E-state index contributed by atoms with van der Waals surface area (Å²) in [5.74, 6) is 0.928. The maximum Gasteiger partial charge on any atom is 0.322 e. The summed E-state index contributed by atoms with van der Waals surface area (Å²) in [6.45, 7) is 13.3. The highest BCUT2D eigenvalue weighted by molar-refractivity contribution is 5.87. The van der Waals surface area contributed by atoms with Crippen molar-refractivity contribution < 1.29 is 14.1 Å². The Labute approximate surface area is 207 Å². The molecule has 0 spiro atoms. The molecule has 2 heterocycles. The molecule has 1 aromatic heterocycles. The quantitative estimate of drug-likeness (QED) is 0.407. The molecule has 7 heteroatoms. The fraction of sp³-hybridized carbons (Fsp3) is 0.393. The lowest BCUT2D eigenvalue weighted by atomic mass is 9.92. The van der Waals surface area contributed by atoms with Crippen molar-refractivity contribution in [1.29, 1.82) is 0 Å². The van der Waals surface area contributed by atoms with E-state index in [1.165, 1.54) is 5.56 Å². The van der Waals surface area contributed by atoms with E-state index in [0.717, 1.165) is 39.9 Å². The van der Waals surface area contributed by atoms with Crippen molar-refractivity contribution in [2.24, 2.45) is 0 Å². The number of nitrogens with one attached hydrogen (secondary N) is 1. The Balaban J connectivity index is 1.73. The van der Waals surface area contributed by atoms with Crippen LogP contribution in [0.2, 0.25) is 0 Å². The predicted octanol–water partition coefficient (Wildman–Crippen LogP) is 5.97. The monoisotopic (exact) mass is 474 g/mol. The van der Waals surface area contributed by atoms with Crippen LogP contribution in [-0.2, 0) is 4.74 Å². The van der Waals surface area contributed by atoms with Crippen LogP contribution in [0.1, 0.15) is 61.4 Å². The van der Waals surface area contributed by atoms with Gasteiger partial charge in [0.1, 0.15) is 0 Å². The molecule has 3 aromatic rings. The number of hydrogen-bond donors (Lipinski definition) is 1. The van der Waals surface area contributed by atoms with Crippen LogP contribution in [0.3, 0.4) is 0 Å². The zero-order valence-corrected chi connectivity index (χ0v) is 21.4. The van der Waals surface area contributed by atoms with E-state index in [-0.39, 0.29) is 12.1 Å². The number of rotatable bonds is 8. The largest absolute Gasteiger partial charge is 0.379 e. The number of nitrogens with zero attached hydrogens (tertiary/aromatic N) is 3. The first-order valence-electron chi connectivity index (χ1n) is 12.1. The molecular weight excluding hydrogens is 440 g/mol. The molecule has 0 saturated heterocycles. The van der Waals surface area contributed by atoms with Gasteiger partial charge in [-0.25, -0.2) is 4.79 Å². The minimum Gasteiger partial charge on any atom is -0.379 e. The number of carbonyl (C=O) groups is 1. The van der Waals surface area contributed by atoms with Crippen LogP contribution in [0.5, 0.6) is 0 Å². The average molecular weight is 475 g/mol. The van der Waals surface area contributed by atoms with Gasteiger partial charge in [0.15, 0.2) is 0 Å². The van der Waals surface area contributed by atoms with Crippen LogP contribution >= 0.6 is 0 Å². The van der Waals surface area contributed by atoms with Crippen LogP contribution < -0.4 is 5.32 Å². The van der Waals surface area contributed by atoms with Crippen molar-refractivity contribution in [3.05, 3.63) is 76.3 Å². The maximum atomic E-state index is 13.2. The number of benzene rings is 2. The van der Waals surface area contributed by atoms with Crippen LogP contribution in [0, 0.1) is 20.8 Å². The molecule has 1 N–H and O–H groups in total. The first kappa shape index (κ1) is 24.7. The van der Waals surface area contributed by atoms with Gasteiger partial charge in [0, 0.05) is 24.4 Å². The third kappa shape index (κ3) is 5.46. The normalized spacial score (nSPS) is 16.3. The Hall–Kier alpha value is -3.45. The SMILES string of the molecule is CC1=C(c2nc(-c3ccc(C)cc3)no2)C(c2ccc(C)c(C)c2)NC(=O)N1CCCOC(C)C. The summed E-state index contributed by atoms with van der Waals surface area (Å²) in [5, 5.41) is 7.43. The number of ether oxygens (including phenoxy) is 1. The first-order valence-corrected chi connectivity index (χ1v) is 12.1. The van der Waals surface area contributed by atoms with Gasteiger partial charge in [0.25, 0.3) is 5.89 Å². The van der Waals surface area contributed by atoms with Crippen LogP contribution in [-0.4, -0.2) is 40.3 Å². The van der Waals surface area contributed by atoms with Gasteiger partial charge in [-0.3, -0.25) is 4.90 Å². The predicted molar refractivity (Wildman–Crippen MR) is 137 cm³/mol. The lowest BCUT2D eigenvalue weighted by Gasteiger charge is -2.35. The van der Waals surface area contributed by atoms with Gasteiger partial charge in [-0.1, -0.05) is 53.2 Å². The number of aromatic nitrogens is 2. The van der Waals surface area contributed by atoms with Gasteiger partial charge in [-0.15, -0.1) is 0 Å². The summed E-state index contributed by atoms with van der Waals surface area (Å²) < 4.78 is 11.5. The molecule has 2 aromatic carbocycles. The molecule has 2 amide bonds. The van der Waals surface area contributed by atoms with E-state index >= 15 is 0 Å². The lowest BCUT2D eigenvalue weighted by molar-refractivity contribution is 0.0736. The Morgan fingerprint density at radius 1 is 1.06 bits per heavy atom. The topological polar surface area (TPSA) is 80.5 Å². The van der Waals surface area contributed by atoms with Crippen LogP contribution in [0.25, 0.3) is 17.0 Å². The molecule has 1 unspecified atom stereocenters. The fourth-order valence-corrected chi connectivity index (χ4v) is 4.22. The maximum absolute atomic E-state index is 13.2. The third-order valence-electron chi connectivity index (χ3n) is 6.40. The summed E-state index contributed by atoms with van der Waals surface area (Å²) in [7, 11) is 0. The molecule has 35 heavy (non-hydrogen) atoms. The van der Waals surface area contributed by atoms with Gasteiger partial charge < -0.3 is 14.6 Å². The van der Waals surface area contributed by atoms with E-state index in [9.17, 15) is 4.79 Å². The second-order valence-electron chi connectivity index (χ2n) is 9.44. The zero-order valence-electron chi connectivity index (χ0n) is 21.4. The van der Waals surface area contributed by atoms with Gasteiger partial charge >= 0.3 is 6.03 Å². The zero-order chi connectivity index (χ0) is 25.1. The van der Waals surface area contributed by atoms with E-state index in [1.807, 2.05) is 58.0 Å². The molecule has 0 saturated carbocycles. The van der Waals surface area contributed by atoms with Gasteiger partial charge in [-0.2, -0.15) is 4.98 Å². The van der Waals surface area contributed by atoms with Crippen molar-refractivity contribution in [2.75, 3.05) is 13.2 Å². The summed E-state index contributed by atoms with van der Waals surface area (Å²) in [4.78, 5) is 19.7.